The largest absolute Gasteiger partial charge is 0.455 e. The average Bonchev–Trinajstić information content (AvgIpc) is 1.69. The molecule has 0 N–H and O–H groups in total. The van der Waals surface area contributed by atoms with E-state index < -0.39 is 0 Å². The minimum atomic E-state index is 0.596. The molecule has 139 heavy (non-hydrogen) atoms. The van der Waals surface area contributed by atoms with Crippen LogP contribution >= 0.6 is 0 Å². The van der Waals surface area contributed by atoms with Crippen LogP contribution in [-0.2, 0) is 0 Å². The van der Waals surface area contributed by atoms with E-state index in [0.29, 0.717) is 52.4 Å². The molecule has 21 aromatic carbocycles. The van der Waals surface area contributed by atoms with Gasteiger partial charge in [0.15, 0.2) is 52.4 Å². The van der Waals surface area contributed by atoms with Gasteiger partial charge in [-0.2, -0.15) is 0 Å². The summed E-state index contributed by atoms with van der Waals surface area (Å²) in [4.78, 5) is 45.7. The van der Waals surface area contributed by atoms with Crippen LogP contribution in [0.25, 0.3) is 267 Å². The van der Waals surface area contributed by atoms with Crippen molar-refractivity contribution >= 4 is 109 Å². The summed E-state index contributed by atoms with van der Waals surface area (Å²) >= 11 is 0. The number of hydrogen-bond acceptors (Lipinski definition) is 12. The topological polar surface area (TPSA) is 155 Å². The number of benzene rings is 21. The molecule has 0 saturated heterocycles. The molecule has 0 unspecified atom stereocenters. The number of rotatable bonds is 14. The van der Waals surface area contributed by atoms with Gasteiger partial charge in [0.25, 0.3) is 0 Å². The van der Waals surface area contributed by atoms with Gasteiger partial charge < -0.3 is 13.3 Å². The van der Waals surface area contributed by atoms with Crippen molar-refractivity contribution in [3.8, 4) is 158 Å². The highest BCUT2D eigenvalue weighted by Gasteiger charge is 2.27. The first-order valence-corrected chi connectivity index (χ1v) is 46.4. The van der Waals surface area contributed by atoms with E-state index in [4.69, 9.17) is 58.1 Å². The molecule has 0 aliphatic heterocycles. The lowest BCUT2D eigenvalue weighted by Crippen LogP contribution is -2.00. The summed E-state index contributed by atoms with van der Waals surface area (Å²) < 4.78 is 19.8. The van der Waals surface area contributed by atoms with Crippen molar-refractivity contribution in [2.24, 2.45) is 0 Å². The van der Waals surface area contributed by atoms with Gasteiger partial charge in [0.2, 0.25) is 0 Å². The molecule has 0 saturated carbocycles. The lowest BCUT2D eigenvalue weighted by atomic mass is 9.96. The van der Waals surface area contributed by atoms with E-state index in [0.717, 1.165) is 171 Å². The Morgan fingerprint density at radius 2 is 0.309 bits per heavy atom. The Bertz CT molecular complexity index is 9280. The van der Waals surface area contributed by atoms with E-state index in [1.807, 2.05) is 140 Å². The highest BCUT2D eigenvalue weighted by molar-refractivity contribution is 6.19. The Kier molecular flexibility index (Phi) is 21.0. The Labute approximate surface area is 799 Å². The van der Waals surface area contributed by atoms with Crippen molar-refractivity contribution in [2.75, 3.05) is 0 Å². The molecule has 12 nitrogen and oxygen atoms in total. The quantitative estimate of drug-likeness (QED) is 0.102. The van der Waals surface area contributed by atoms with Crippen LogP contribution in [0.3, 0.4) is 0 Å². The van der Waals surface area contributed by atoms with Crippen molar-refractivity contribution in [1.29, 1.82) is 0 Å². The van der Waals surface area contributed by atoms with Gasteiger partial charge >= 0.3 is 0 Å². The first-order valence-electron chi connectivity index (χ1n) is 46.4. The molecule has 0 aliphatic rings. The third-order valence-corrected chi connectivity index (χ3v) is 26.0. The summed E-state index contributed by atoms with van der Waals surface area (Å²) in [5.41, 5.74) is 24.3. The monoisotopic (exact) mass is 1780 g/mol. The molecule has 27 rings (SSSR count). The Morgan fingerprint density at radius 1 is 0.122 bits per heavy atom. The zero-order chi connectivity index (χ0) is 92.1. The highest BCUT2D eigenvalue weighted by atomic mass is 16.3. The molecule has 6 aromatic heterocycles. The van der Waals surface area contributed by atoms with Gasteiger partial charge in [-0.25, -0.2) is 44.9 Å². The van der Waals surface area contributed by atoms with Crippen LogP contribution in [0.2, 0.25) is 0 Å². The molecule has 0 radical (unpaired) electrons. The van der Waals surface area contributed by atoms with Gasteiger partial charge in [-0.1, -0.05) is 400 Å². The summed E-state index contributed by atoms with van der Waals surface area (Å²) in [5, 5.41) is 15.3. The highest BCUT2D eigenvalue weighted by Crippen LogP contribution is 2.47. The van der Waals surface area contributed by atoms with Crippen LogP contribution in [-0.4, -0.2) is 44.9 Å². The predicted molar refractivity (Wildman–Crippen MR) is 567 cm³/mol. The van der Waals surface area contributed by atoms with E-state index in [-0.39, 0.29) is 0 Å². The smallest absolute Gasteiger partial charge is 0.164 e. The second-order valence-corrected chi connectivity index (χ2v) is 34.5. The molecule has 12 heteroatoms. The summed E-state index contributed by atoms with van der Waals surface area (Å²) in [6, 6.07) is 165. The zero-order valence-corrected chi connectivity index (χ0v) is 74.9. The Balaban J connectivity index is 0.000000111. The van der Waals surface area contributed by atoms with Gasteiger partial charge in [-0.15, -0.1) is 0 Å². The lowest BCUT2D eigenvalue weighted by molar-refractivity contribution is 0.669. The Morgan fingerprint density at radius 3 is 0.590 bits per heavy atom. The van der Waals surface area contributed by atoms with Crippen LogP contribution < -0.4 is 0 Å². The number of furan rings is 3. The standard InChI is InChI=1S/C47H29N3O.C43H27N3O.C37H23N3O/c1-2-10-30(11-3-1)33-18-22-34(23-19-33)39-26-27-41(43-40-16-8-9-17-42(40)51-44(39)43)47-49-45(37-24-20-31-12-4-6-14-35(31)28-37)48-46(50-47)38-25-21-32-13-5-7-15-36(32)29-38;1-3-11-28(12-4-1)30-19-22-31(23-20-30)35-25-26-37(39-36-17-9-10-18-38(36)47-40(35)39)43-45-41(32-14-5-2-6-15-32)44-42(46-43)34-24-21-29-13-7-8-16-33(29)27-34;1-3-12-25(13-4-1)29-21-22-31(33-30-17-9-10-18-32(30)41-34(29)33)37-39-35(26-14-5-2-6-15-26)38-36(40-37)28-20-19-24-11-7-8-16-27(24)23-28/h1-29H;1-27H;1-23H. The van der Waals surface area contributed by atoms with Crippen LogP contribution in [0.5, 0.6) is 0 Å². The third kappa shape index (κ3) is 15.8. The molecular formula is C127H79N9O3. The second-order valence-electron chi connectivity index (χ2n) is 34.5. The van der Waals surface area contributed by atoms with E-state index in [9.17, 15) is 0 Å². The molecule has 0 spiro atoms. The second kappa shape index (κ2) is 35.6. The van der Waals surface area contributed by atoms with Crippen molar-refractivity contribution in [2.45, 2.75) is 0 Å². The van der Waals surface area contributed by atoms with Crippen LogP contribution in [0.1, 0.15) is 0 Å². The number of fused-ring (bicyclic) bond motifs is 13. The van der Waals surface area contributed by atoms with Crippen LogP contribution in [0.4, 0.5) is 0 Å². The summed E-state index contributed by atoms with van der Waals surface area (Å²) in [6.07, 6.45) is 0. The SMILES string of the molecule is c1ccc(-c2ccc(-c3ccc(-c4nc(-c5ccc6ccccc6c5)nc(-c5ccc6ccccc6c5)n4)c4c3oc3ccccc34)cc2)cc1.c1ccc(-c2ccc(-c3ccc(-c4nc(-c5ccccc5)nc(-c5ccc6ccccc6c5)n4)c4c3oc3ccccc34)cc2)cc1.c1ccc(-c2nc(-c3ccc4ccccc4c3)nc(-c3ccc(-c4ccccc4)c4oc5ccccc5c34)n2)cc1. The maximum Gasteiger partial charge on any atom is 0.164 e. The fourth-order valence-corrected chi connectivity index (χ4v) is 19.0. The summed E-state index contributed by atoms with van der Waals surface area (Å²) in [5.74, 6) is 5.56. The molecule has 650 valence electrons. The van der Waals surface area contributed by atoms with Crippen molar-refractivity contribution in [3.05, 3.63) is 479 Å². The number of aromatic nitrogens is 9. The predicted octanol–water partition coefficient (Wildman–Crippen LogP) is 33.3. The zero-order valence-electron chi connectivity index (χ0n) is 74.9. The average molecular weight is 1780 g/mol. The summed E-state index contributed by atoms with van der Waals surface area (Å²) in [7, 11) is 0. The van der Waals surface area contributed by atoms with Crippen molar-refractivity contribution in [3.63, 3.8) is 0 Å². The van der Waals surface area contributed by atoms with Crippen molar-refractivity contribution in [1.82, 2.24) is 44.9 Å². The minimum absolute atomic E-state index is 0.596. The number of para-hydroxylation sites is 3. The molecule has 0 bridgehead atoms. The fourth-order valence-electron chi connectivity index (χ4n) is 19.0. The van der Waals surface area contributed by atoms with Gasteiger partial charge in [0.05, 0.1) is 0 Å². The first-order chi connectivity index (χ1) is 68.8. The van der Waals surface area contributed by atoms with E-state index in [1.165, 1.54) is 43.8 Å². The molecule has 0 atom stereocenters. The van der Waals surface area contributed by atoms with E-state index in [1.54, 1.807) is 0 Å². The molecule has 0 amide bonds. The van der Waals surface area contributed by atoms with E-state index >= 15 is 0 Å². The first kappa shape index (κ1) is 82.0. The van der Waals surface area contributed by atoms with Gasteiger partial charge in [0, 0.05) is 99.1 Å². The van der Waals surface area contributed by atoms with Crippen LogP contribution in [0, 0.1) is 0 Å². The van der Waals surface area contributed by atoms with E-state index in [2.05, 4.69) is 340 Å². The number of nitrogens with zero attached hydrogens (tertiary/aromatic N) is 9. The molecule has 0 fully saturated rings. The third-order valence-electron chi connectivity index (χ3n) is 26.0. The fraction of sp³-hybridized carbons (Fsp3) is 0. The molecule has 27 aromatic rings. The minimum Gasteiger partial charge on any atom is -0.455 e. The van der Waals surface area contributed by atoms with Gasteiger partial charge in [-0.05, 0) is 161 Å². The molecule has 0 aliphatic carbocycles. The Hall–Kier alpha value is -18.9. The lowest BCUT2D eigenvalue weighted by Gasteiger charge is -2.12. The number of hydrogen-bond donors (Lipinski definition) is 0. The van der Waals surface area contributed by atoms with Crippen LogP contribution in [0.15, 0.2) is 492 Å². The molecule has 6 heterocycles. The maximum atomic E-state index is 6.67. The van der Waals surface area contributed by atoms with Crippen molar-refractivity contribution < 1.29 is 13.3 Å². The normalized spacial score (nSPS) is 11.5. The van der Waals surface area contributed by atoms with Gasteiger partial charge in [0.1, 0.15) is 33.5 Å². The summed E-state index contributed by atoms with van der Waals surface area (Å²) in [6.45, 7) is 0. The maximum absolute atomic E-state index is 6.67. The molecular weight excluding hydrogens is 1700 g/mol. The van der Waals surface area contributed by atoms with Gasteiger partial charge in [-0.3, -0.25) is 0 Å².